The summed E-state index contributed by atoms with van der Waals surface area (Å²) in [6, 6.07) is 11.9. The number of fused-ring (bicyclic) bond motifs is 1. The van der Waals surface area contributed by atoms with Crippen molar-refractivity contribution in [3.05, 3.63) is 59.7 Å². The number of aryl methyl sites for hydroxylation is 1. The van der Waals surface area contributed by atoms with Crippen molar-refractivity contribution in [3.63, 3.8) is 0 Å². The summed E-state index contributed by atoms with van der Waals surface area (Å²) in [5.74, 6) is -0.358. The van der Waals surface area contributed by atoms with Crippen LogP contribution in [0.25, 0.3) is 10.9 Å². The number of carbonyl (C=O) groups is 1. The highest BCUT2D eigenvalue weighted by molar-refractivity contribution is 5.86. The predicted octanol–water partition coefficient (Wildman–Crippen LogP) is 3.29. The first-order valence-electron chi connectivity index (χ1n) is 6.01. The Morgan fingerprint density at radius 1 is 1.32 bits per heavy atom. The standard InChI is InChI=1S/C15H13NO3/c1-10-8-12(19-14(10)15(17)18)9-16-7-6-11-4-2-3-5-13(11)16/h2-8H,9H2,1H3,(H,17,18). The van der Waals surface area contributed by atoms with Crippen molar-refractivity contribution in [1.29, 1.82) is 0 Å². The van der Waals surface area contributed by atoms with Crippen LogP contribution in [0.5, 0.6) is 0 Å². The van der Waals surface area contributed by atoms with E-state index in [1.807, 2.05) is 41.1 Å². The van der Waals surface area contributed by atoms with Gasteiger partial charge >= 0.3 is 5.97 Å². The normalized spacial score (nSPS) is 11.0. The van der Waals surface area contributed by atoms with Gasteiger partial charge in [-0.25, -0.2) is 4.79 Å². The van der Waals surface area contributed by atoms with Gasteiger partial charge in [-0.2, -0.15) is 0 Å². The van der Waals surface area contributed by atoms with Gasteiger partial charge in [-0.05, 0) is 30.5 Å². The van der Waals surface area contributed by atoms with Crippen LogP contribution in [0, 0.1) is 6.92 Å². The molecule has 4 heteroatoms. The number of carboxylic acid groups (broad SMARTS) is 1. The number of aromatic carboxylic acids is 1. The van der Waals surface area contributed by atoms with Gasteiger partial charge in [0.2, 0.25) is 5.76 Å². The first-order chi connectivity index (χ1) is 9.15. The molecule has 0 atom stereocenters. The van der Waals surface area contributed by atoms with Gasteiger partial charge in [-0.3, -0.25) is 0 Å². The van der Waals surface area contributed by atoms with Gasteiger partial charge in [-0.15, -0.1) is 0 Å². The summed E-state index contributed by atoms with van der Waals surface area (Å²) in [4.78, 5) is 10.9. The third-order valence-electron chi connectivity index (χ3n) is 3.17. The molecule has 0 fully saturated rings. The minimum atomic E-state index is -1.03. The Bertz CT molecular complexity index is 752. The Kier molecular flexibility index (Phi) is 2.63. The molecule has 0 saturated carbocycles. The Morgan fingerprint density at radius 3 is 2.84 bits per heavy atom. The van der Waals surface area contributed by atoms with Crippen molar-refractivity contribution in [1.82, 2.24) is 4.57 Å². The molecule has 0 aliphatic heterocycles. The number of furan rings is 1. The maximum absolute atomic E-state index is 10.9. The molecule has 0 radical (unpaired) electrons. The zero-order valence-corrected chi connectivity index (χ0v) is 10.5. The second kappa shape index (κ2) is 4.31. The largest absolute Gasteiger partial charge is 0.475 e. The Labute approximate surface area is 109 Å². The molecule has 0 unspecified atom stereocenters. The molecule has 2 aromatic heterocycles. The summed E-state index contributed by atoms with van der Waals surface area (Å²) >= 11 is 0. The highest BCUT2D eigenvalue weighted by atomic mass is 16.4. The minimum absolute atomic E-state index is 0.0199. The van der Waals surface area contributed by atoms with Crippen molar-refractivity contribution in [2.24, 2.45) is 0 Å². The van der Waals surface area contributed by atoms with E-state index >= 15 is 0 Å². The van der Waals surface area contributed by atoms with Gasteiger partial charge < -0.3 is 14.1 Å². The minimum Gasteiger partial charge on any atom is -0.475 e. The SMILES string of the molecule is Cc1cc(Cn2ccc3ccccc32)oc1C(=O)O. The third-order valence-corrected chi connectivity index (χ3v) is 3.17. The molecule has 3 aromatic rings. The highest BCUT2D eigenvalue weighted by Crippen LogP contribution is 2.20. The van der Waals surface area contributed by atoms with Crippen molar-refractivity contribution in [2.45, 2.75) is 13.5 Å². The van der Waals surface area contributed by atoms with Crippen molar-refractivity contribution in [3.8, 4) is 0 Å². The summed E-state index contributed by atoms with van der Waals surface area (Å²) in [7, 11) is 0. The second-order valence-corrected chi connectivity index (χ2v) is 4.53. The smallest absolute Gasteiger partial charge is 0.372 e. The van der Waals surface area contributed by atoms with Crippen LogP contribution in [0.15, 0.2) is 47.0 Å². The van der Waals surface area contributed by atoms with E-state index in [9.17, 15) is 4.79 Å². The number of hydrogen-bond acceptors (Lipinski definition) is 2. The summed E-state index contributed by atoms with van der Waals surface area (Å²) in [5.41, 5.74) is 1.76. The number of nitrogens with zero attached hydrogens (tertiary/aromatic N) is 1. The van der Waals surface area contributed by atoms with E-state index in [1.165, 1.54) is 0 Å². The molecule has 3 rings (SSSR count). The van der Waals surface area contributed by atoms with Crippen LogP contribution in [-0.2, 0) is 6.54 Å². The lowest BCUT2D eigenvalue weighted by atomic mass is 10.2. The Morgan fingerprint density at radius 2 is 2.11 bits per heavy atom. The first kappa shape index (κ1) is 11.6. The first-order valence-corrected chi connectivity index (χ1v) is 6.01. The lowest BCUT2D eigenvalue weighted by Crippen LogP contribution is -1.97. The second-order valence-electron chi connectivity index (χ2n) is 4.53. The lowest BCUT2D eigenvalue weighted by Gasteiger charge is -2.02. The van der Waals surface area contributed by atoms with Gasteiger partial charge in [-0.1, -0.05) is 18.2 Å². The quantitative estimate of drug-likeness (QED) is 0.781. The van der Waals surface area contributed by atoms with Crippen LogP contribution in [0.4, 0.5) is 0 Å². The maximum Gasteiger partial charge on any atom is 0.372 e. The number of aromatic nitrogens is 1. The van der Waals surface area contributed by atoms with Crippen molar-refractivity contribution >= 4 is 16.9 Å². The lowest BCUT2D eigenvalue weighted by molar-refractivity contribution is 0.0659. The van der Waals surface area contributed by atoms with Gasteiger partial charge in [0, 0.05) is 17.3 Å². The molecule has 0 aliphatic carbocycles. The van der Waals surface area contributed by atoms with E-state index in [4.69, 9.17) is 9.52 Å². The van der Waals surface area contributed by atoms with Gasteiger partial charge in [0.15, 0.2) is 0 Å². The molecular weight excluding hydrogens is 242 g/mol. The number of para-hydroxylation sites is 1. The summed E-state index contributed by atoms with van der Waals surface area (Å²) in [6.45, 7) is 2.27. The van der Waals surface area contributed by atoms with E-state index in [0.29, 0.717) is 17.9 Å². The fourth-order valence-electron chi connectivity index (χ4n) is 2.28. The summed E-state index contributed by atoms with van der Waals surface area (Å²) in [6.07, 6.45) is 1.98. The average molecular weight is 255 g/mol. The van der Waals surface area contributed by atoms with Crippen LogP contribution in [0.3, 0.4) is 0 Å². The molecule has 1 N–H and O–H groups in total. The van der Waals surface area contributed by atoms with E-state index in [1.54, 1.807) is 13.0 Å². The molecule has 0 spiro atoms. The van der Waals surface area contributed by atoms with Gasteiger partial charge in [0.1, 0.15) is 5.76 Å². The number of benzene rings is 1. The molecular formula is C15H13NO3. The van der Waals surface area contributed by atoms with E-state index < -0.39 is 5.97 Å². The van der Waals surface area contributed by atoms with Crippen LogP contribution in [0.1, 0.15) is 21.9 Å². The summed E-state index contributed by atoms with van der Waals surface area (Å²) < 4.78 is 7.42. The maximum atomic E-state index is 10.9. The van der Waals surface area contributed by atoms with Crippen LogP contribution in [0.2, 0.25) is 0 Å². The molecule has 4 nitrogen and oxygen atoms in total. The fraction of sp³-hybridized carbons (Fsp3) is 0.133. The summed E-state index contributed by atoms with van der Waals surface area (Å²) in [5, 5.41) is 10.1. The molecule has 1 aromatic carbocycles. The molecule has 0 aliphatic rings. The predicted molar refractivity (Wildman–Crippen MR) is 71.4 cm³/mol. The van der Waals surface area contributed by atoms with Crippen LogP contribution in [-0.4, -0.2) is 15.6 Å². The number of rotatable bonds is 3. The van der Waals surface area contributed by atoms with Gasteiger partial charge in [0.05, 0.1) is 6.54 Å². The van der Waals surface area contributed by atoms with E-state index in [0.717, 1.165) is 10.9 Å². The van der Waals surface area contributed by atoms with Crippen LogP contribution < -0.4 is 0 Å². The molecule has 2 heterocycles. The molecule has 0 bridgehead atoms. The fourth-order valence-corrected chi connectivity index (χ4v) is 2.28. The van der Waals surface area contributed by atoms with Crippen LogP contribution >= 0.6 is 0 Å². The Balaban J connectivity index is 1.97. The van der Waals surface area contributed by atoms with Gasteiger partial charge in [0.25, 0.3) is 0 Å². The topological polar surface area (TPSA) is 55.4 Å². The molecule has 0 amide bonds. The Hall–Kier alpha value is -2.49. The van der Waals surface area contributed by atoms with E-state index in [2.05, 4.69) is 0 Å². The highest BCUT2D eigenvalue weighted by Gasteiger charge is 2.14. The molecule has 19 heavy (non-hydrogen) atoms. The number of hydrogen-bond donors (Lipinski definition) is 1. The zero-order valence-electron chi connectivity index (χ0n) is 10.5. The van der Waals surface area contributed by atoms with Crippen molar-refractivity contribution in [2.75, 3.05) is 0 Å². The molecule has 0 saturated heterocycles. The third kappa shape index (κ3) is 2.01. The van der Waals surface area contributed by atoms with Crippen molar-refractivity contribution < 1.29 is 14.3 Å². The monoisotopic (exact) mass is 255 g/mol. The number of carboxylic acids is 1. The van der Waals surface area contributed by atoms with E-state index in [-0.39, 0.29) is 5.76 Å². The average Bonchev–Trinajstić information content (AvgIpc) is 2.95. The molecule has 96 valence electrons. The zero-order chi connectivity index (χ0) is 13.4.